The van der Waals surface area contributed by atoms with Gasteiger partial charge in [0, 0.05) is 65.1 Å². The standard InChI is InChI=1S/C55H37NOS/c1-55(2)47-20-10-8-17-41(47)42-29-27-38(32-48(42)55)56(37-25-23-35(24-26-37)34-13-4-3-5-14-34)39-28-30-44-49(33-39)57-54-46(31-36-15-6-7-16-40(36)53(44)54)43-19-12-22-51-52(43)45-18-9-11-21-50(45)58-51/h3-33H,1-2H3. The summed E-state index contributed by atoms with van der Waals surface area (Å²) in [5, 5.41) is 7.24. The smallest absolute Gasteiger partial charge is 0.143 e. The number of hydrogen-bond donors (Lipinski definition) is 0. The lowest BCUT2D eigenvalue weighted by Gasteiger charge is -2.28. The zero-order valence-corrected chi connectivity index (χ0v) is 33.0. The van der Waals surface area contributed by atoms with Crippen LogP contribution in [0.4, 0.5) is 17.1 Å². The molecule has 0 bridgehead atoms. The Kier molecular flexibility index (Phi) is 7.18. The molecule has 58 heavy (non-hydrogen) atoms. The molecule has 0 saturated carbocycles. The van der Waals surface area contributed by atoms with Crippen molar-refractivity contribution in [2.45, 2.75) is 19.3 Å². The summed E-state index contributed by atoms with van der Waals surface area (Å²) in [6.45, 7) is 4.70. The predicted octanol–water partition coefficient (Wildman–Crippen LogP) is 16.2. The molecule has 9 aromatic carbocycles. The van der Waals surface area contributed by atoms with Crippen LogP contribution in [0, 0.1) is 0 Å². The Morgan fingerprint density at radius 1 is 0.431 bits per heavy atom. The quantitative estimate of drug-likeness (QED) is 0.174. The van der Waals surface area contributed by atoms with E-state index in [-0.39, 0.29) is 5.41 Å². The molecule has 0 radical (unpaired) electrons. The van der Waals surface area contributed by atoms with Gasteiger partial charge in [0.2, 0.25) is 0 Å². The van der Waals surface area contributed by atoms with E-state index in [4.69, 9.17) is 4.42 Å². The summed E-state index contributed by atoms with van der Waals surface area (Å²) in [5.41, 5.74) is 15.0. The molecular formula is C55H37NOS. The van der Waals surface area contributed by atoms with Crippen LogP contribution in [0.1, 0.15) is 25.0 Å². The third-order valence-electron chi connectivity index (χ3n) is 12.5. The molecule has 3 heteroatoms. The number of hydrogen-bond acceptors (Lipinski definition) is 3. The average molecular weight is 760 g/mol. The van der Waals surface area contributed by atoms with Crippen molar-refractivity contribution in [1.82, 2.24) is 0 Å². The largest absolute Gasteiger partial charge is 0.455 e. The Bertz CT molecular complexity index is 3420. The SMILES string of the molecule is CC1(C)c2ccccc2-c2ccc(N(c3ccc(-c4ccccc4)cc3)c3ccc4c(c3)oc3c(-c5cccc6sc7ccccc7c56)cc5ccccc5c34)cc21. The molecule has 2 heterocycles. The number of anilines is 3. The van der Waals surface area contributed by atoms with E-state index in [1.807, 2.05) is 11.3 Å². The first-order chi connectivity index (χ1) is 28.5. The fourth-order valence-electron chi connectivity index (χ4n) is 9.66. The number of benzene rings is 9. The molecule has 1 aliphatic carbocycles. The minimum Gasteiger partial charge on any atom is -0.455 e. The Labute approximate surface area is 340 Å². The van der Waals surface area contributed by atoms with Crippen LogP contribution >= 0.6 is 11.3 Å². The summed E-state index contributed by atoms with van der Waals surface area (Å²) in [5.74, 6) is 0. The molecule has 12 rings (SSSR count). The summed E-state index contributed by atoms with van der Waals surface area (Å²) in [4.78, 5) is 2.39. The predicted molar refractivity (Wildman–Crippen MR) is 247 cm³/mol. The molecule has 0 spiro atoms. The molecule has 2 aromatic heterocycles. The van der Waals surface area contributed by atoms with Crippen molar-refractivity contribution in [1.29, 1.82) is 0 Å². The highest BCUT2D eigenvalue weighted by atomic mass is 32.1. The van der Waals surface area contributed by atoms with E-state index < -0.39 is 0 Å². The second-order valence-corrected chi connectivity index (χ2v) is 17.1. The van der Waals surface area contributed by atoms with Gasteiger partial charge in [-0.1, -0.05) is 141 Å². The van der Waals surface area contributed by atoms with E-state index in [0.29, 0.717) is 0 Å². The van der Waals surface area contributed by atoms with Gasteiger partial charge in [-0.2, -0.15) is 0 Å². The fraction of sp³-hybridized carbons (Fsp3) is 0.0545. The maximum atomic E-state index is 7.15. The van der Waals surface area contributed by atoms with Crippen LogP contribution in [-0.2, 0) is 5.41 Å². The van der Waals surface area contributed by atoms with Crippen molar-refractivity contribution < 1.29 is 4.42 Å². The summed E-state index contributed by atoms with van der Waals surface area (Å²) in [6.07, 6.45) is 0. The van der Waals surface area contributed by atoms with Crippen LogP contribution in [0.15, 0.2) is 192 Å². The second-order valence-electron chi connectivity index (χ2n) is 16.1. The van der Waals surface area contributed by atoms with Crippen molar-refractivity contribution in [2.24, 2.45) is 0 Å². The monoisotopic (exact) mass is 759 g/mol. The summed E-state index contributed by atoms with van der Waals surface area (Å²) < 4.78 is 9.73. The highest BCUT2D eigenvalue weighted by Gasteiger charge is 2.36. The fourth-order valence-corrected chi connectivity index (χ4v) is 10.8. The van der Waals surface area contributed by atoms with Crippen molar-refractivity contribution in [3.8, 4) is 33.4 Å². The third kappa shape index (κ3) is 4.90. The topological polar surface area (TPSA) is 16.4 Å². The number of rotatable bonds is 5. The van der Waals surface area contributed by atoms with Gasteiger partial charge >= 0.3 is 0 Å². The zero-order chi connectivity index (χ0) is 38.5. The molecule has 11 aromatic rings. The Morgan fingerprint density at radius 3 is 1.97 bits per heavy atom. The van der Waals surface area contributed by atoms with E-state index in [1.165, 1.54) is 69.9 Å². The van der Waals surface area contributed by atoms with E-state index in [2.05, 4.69) is 207 Å². The average Bonchev–Trinajstić information content (AvgIpc) is 3.92. The zero-order valence-electron chi connectivity index (χ0n) is 32.2. The Balaban J connectivity index is 1.08. The molecule has 2 nitrogen and oxygen atoms in total. The number of nitrogens with zero attached hydrogens (tertiary/aromatic N) is 1. The van der Waals surface area contributed by atoms with Gasteiger partial charge in [0.15, 0.2) is 0 Å². The van der Waals surface area contributed by atoms with Gasteiger partial charge < -0.3 is 9.32 Å². The van der Waals surface area contributed by atoms with Gasteiger partial charge in [-0.05, 0) is 104 Å². The van der Waals surface area contributed by atoms with E-state index in [9.17, 15) is 0 Å². The first kappa shape index (κ1) is 33.2. The van der Waals surface area contributed by atoms with Gasteiger partial charge in [0.05, 0.1) is 0 Å². The molecule has 0 unspecified atom stereocenters. The van der Waals surface area contributed by atoms with Crippen molar-refractivity contribution in [3.05, 3.63) is 199 Å². The van der Waals surface area contributed by atoms with E-state index in [1.54, 1.807) is 0 Å². The highest BCUT2D eigenvalue weighted by molar-refractivity contribution is 7.25. The van der Waals surface area contributed by atoms with Crippen LogP contribution in [-0.4, -0.2) is 0 Å². The minimum atomic E-state index is -0.123. The molecular weight excluding hydrogens is 723 g/mol. The van der Waals surface area contributed by atoms with E-state index in [0.717, 1.165) is 44.6 Å². The first-order valence-corrected chi connectivity index (χ1v) is 20.8. The lowest BCUT2D eigenvalue weighted by atomic mass is 9.82. The molecule has 0 N–H and O–H groups in total. The lowest BCUT2D eigenvalue weighted by Crippen LogP contribution is -2.16. The molecule has 0 aliphatic heterocycles. The van der Waals surface area contributed by atoms with Gasteiger partial charge in [-0.25, -0.2) is 0 Å². The first-order valence-electron chi connectivity index (χ1n) is 20.0. The summed E-state index contributed by atoms with van der Waals surface area (Å²) >= 11 is 1.85. The van der Waals surface area contributed by atoms with Gasteiger partial charge in [-0.15, -0.1) is 11.3 Å². The lowest BCUT2D eigenvalue weighted by molar-refractivity contribution is 0.660. The molecule has 1 aliphatic rings. The van der Waals surface area contributed by atoms with Gasteiger partial charge in [-0.3, -0.25) is 0 Å². The van der Waals surface area contributed by atoms with Gasteiger partial charge in [0.1, 0.15) is 11.2 Å². The van der Waals surface area contributed by atoms with Gasteiger partial charge in [0.25, 0.3) is 0 Å². The number of thiophene rings is 1. The van der Waals surface area contributed by atoms with Crippen LogP contribution < -0.4 is 4.90 Å². The summed E-state index contributed by atoms with van der Waals surface area (Å²) in [6, 6.07) is 68.7. The normalized spacial score (nSPS) is 13.1. The maximum Gasteiger partial charge on any atom is 0.143 e. The molecule has 274 valence electrons. The Morgan fingerprint density at radius 2 is 1.09 bits per heavy atom. The molecule has 0 atom stereocenters. The minimum absolute atomic E-state index is 0.123. The molecule has 0 saturated heterocycles. The second kappa shape index (κ2) is 12.5. The van der Waals surface area contributed by atoms with E-state index >= 15 is 0 Å². The summed E-state index contributed by atoms with van der Waals surface area (Å²) in [7, 11) is 0. The van der Waals surface area contributed by atoms with Crippen LogP contribution in [0.2, 0.25) is 0 Å². The van der Waals surface area contributed by atoms with Crippen molar-refractivity contribution in [2.75, 3.05) is 4.90 Å². The maximum absolute atomic E-state index is 7.15. The van der Waals surface area contributed by atoms with Crippen molar-refractivity contribution in [3.63, 3.8) is 0 Å². The Hall–Kier alpha value is -6.94. The third-order valence-corrected chi connectivity index (χ3v) is 13.6. The highest BCUT2D eigenvalue weighted by Crippen LogP contribution is 2.51. The molecule has 0 fully saturated rings. The number of fused-ring (bicyclic) bond motifs is 11. The van der Waals surface area contributed by atoms with Crippen LogP contribution in [0.25, 0.3) is 86.3 Å². The molecule has 0 amide bonds. The van der Waals surface area contributed by atoms with Crippen LogP contribution in [0.3, 0.4) is 0 Å². The number of furan rings is 1. The van der Waals surface area contributed by atoms with Crippen molar-refractivity contribution >= 4 is 81.3 Å². The van der Waals surface area contributed by atoms with Crippen LogP contribution in [0.5, 0.6) is 0 Å².